The maximum atomic E-state index is 12.0. The Morgan fingerprint density at radius 1 is 1.41 bits per heavy atom. The van der Waals surface area contributed by atoms with Gasteiger partial charge in [0.25, 0.3) is 0 Å². The topological polar surface area (TPSA) is 68.0 Å². The van der Waals surface area contributed by atoms with Gasteiger partial charge in [0.05, 0.1) is 4.88 Å². The van der Waals surface area contributed by atoms with Crippen molar-refractivity contribution < 1.29 is 4.79 Å². The summed E-state index contributed by atoms with van der Waals surface area (Å²) in [7, 11) is 0. The Labute approximate surface area is 140 Å². The van der Waals surface area contributed by atoms with Gasteiger partial charge in [0.2, 0.25) is 5.91 Å². The summed E-state index contributed by atoms with van der Waals surface area (Å²) in [5.41, 5.74) is 8.16. The summed E-state index contributed by atoms with van der Waals surface area (Å²) >= 11 is 1.50. The van der Waals surface area contributed by atoms with Crippen LogP contribution in [0.15, 0.2) is 30.5 Å². The van der Waals surface area contributed by atoms with E-state index in [1.54, 1.807) is 0 Å². The molecule has 3 rings (SSSR count). The van der Waals surface area contributed by atoms with Gasteiger partial charge in [-0.05, 0) is 37.3 Å². The first-order chi connectivity index (χ1) is 10.1. The molecule has 0 radical (unpaired) electrons. The maximum absolute atomic E-state index is 12.0. The molecule has 22 heavy (non-hydrogen) atoms. The van der Waals surface area contributed by atoms with E-state index in [1.165, 1.54) is 16.9 Å². The molecule has 0 bridgehead atoms. The van der Waals surface area contributed by atoms with Crippen LogP contribution in [0.25, 0.3) is 10.4 Å². The highest BCUT2D eigenvalue weighted by Gasteiger charge is 2.34. The van der Waals surface area contributed by atoms with Gasteiger partial charge in [-0.15, -0.1) is 12.4 Å². The fraction of sp³-hybridized carbons (Fsp3) is 0.375. The summed E-state index contributed by atoms with van der Waals surface area (Å²) in [4.78, 5) is 17.4. The molecule has 1 aliphatic carbocycles. The third-order valence-electron chi connectivity index (χ3n) is 4.02. The molecular formula is C16H20ClN3OS. The van der Waals surface area contributed by atoms with Gasteiger partial charge in [-0.1, -0.05) is 35.6 Å². The second-order valence-corrected chi connectivity index (χ2v) is 6.82. The fourth-order valence-corrected chi connectivity index (χ4v) is 3.52. The lowest BCUT2D eigenvalue weighted by atomic mass is 9.75. The Hall–Kier alpha value is -1.43. The number of hydrogen-bond donors (Lipinski definition) is 2. The molecule has 0 saturated heterocycles. The van der Waals surface area contributed by atoms with Crippen LogP contribution >= 0.6 is 23.7 Å². The lowest BCUT2D eigenvalue weighted by Gasteiger charge is -2.37. The van der Waals surface area contributed by atoms with Crippen molar-refractivity contribution in [3.63, 3.8) is 0 Å². The lowest BCUT2D eigenvalue weighted by molar-refractivity contribution is -0.118. The Bertz CT molecular complexity index is 667. The number of anilines is 1. The zero-order valence-corrected chi connectivity index (χ0v) is 14.1. The number of nitrogens with zero attached hydrogens (tertiary/aromatic N) is 1. The van der Waals surface area contributed by atoms with E-state index in [1.807, 2.05) is 18.3 Å². The number of aryl methyl sites for hydroxylation is 1. The van der Waals surface area contributed by atoms with Gasteiger partial charge in [0.15, 0.2) is 5.13 Å². The predicted molar refractivity (Wildman–Crippen MR) is 93.6 cm³/mol. The van der Waals surface area contributed by atoms with E-state index >= 15 is 0 Å². The van der Waals surface area contributed by atoms with Crippen molar-refractivity contribution in [3.8, 4) is 10.4 Å². The molecule has 2 aromatic rings. The number of aromatic nitrogens is 1. The first-order valence-electron chi connectivity index (χ1n) is 7.16. The van der Waals surface area contributed by atoms with Gasteiger partial charge in [-0.25, -0.2) is 4.98 Å². The third kappa shape index (κ3) is 3.66. The molecule has 1 fully saturated rings. The van der Waals surface area contributed by atoms with Crippen molar-refractivity contribution >= 4 is 34.8 Å². The summed E-state index contributed by atoms with van der Waals surface area (Å²) in [5, 5.41) is 3.50. The molecule has 1 aliphatic rings. The molecule has 0 atom stereocenters. The minimum absolute atomic E-state index is 0. The van der Waals surface area contributed by atoms with Gasteiger partial charge in [-0.3, -0.25) is 4.79 Å². The normalized spacial score (nSPS) is 15.5. The Morgan fingerprint density at radius 2 is 2.14 bits per heavy atom. The van der Waals surface area contributed by atoms with Crippen molar-refractivity contribution in [1.82, 2.24) is 4.98 Å². The number of nitrogens with two attached hydrogens (primary N) is 1. The zero-order chi connectivity index (χ0) is 14.9. The number of carbonyl (C=O) groups excluding carboxylic acids is 1. The fourth-order valence-electron chi connectivity index (χ4n) is 2.60. The SMILES string of the molecule is Cc1ccccc1-c1cnc(NC(=O)CC2(N)CCC2)s1.Cl. The van der Waals surface area contributed by atoms with Crippen LogP contribution in [0, 0.1) is 6.92 Å². The molecule has 3 N–H and O–H groups in total. The van der Waals surface area contributed by atoms with Crippen LogP contribution in [0.5, 0.6) is 0 Å². The van der Waals surface area contributed by atoms with E-state index in [4.69, 9.17) is 5.73 Å². The van der Waals surface area contributed by atoms with Crippen LogP contribution < -0.4 is 11.1 Å². The number of carbonyl (C=O) groups is 1. The van der Waals surface area contributed by atoms with Crippen LogP contribution in [-0.2, 0) is 4.79 Å². The van der Waals surface area contributed by atoms with Crippen molar-refractivity contribution in [2.24, 2.45) is 5.73 Å². The predicted octanol–water partition coefficient (Wildman–Crippen LogP) is 3.75. The first kappa shape index (κ1) is 16.9. The van der Waals surface area contributed by atoms with Gasteiger partial charge in [-0.2, -0.15) is 0 Å². The van der Waals surface area contributed by atoms with Crippen molar-refractivity contribution in [1.29, 1.82) is 0 Å². The highest BCUT2D eigenvalue weighted by atomic mass is 35.5. The second kappa shape index (κ2) is 6.77. The summed E-state index contributed by atoms with van der Waals surface area (Å²) < 4.78 is 0. The number of hydrogen-bond acceptors (Lipinski definition) is 4. The minimum Gasteiger partial charge on any atom is -0.325 e. The third-order valence-corrected chi connectivity index (χ3v) is 4.97. The van der Waals surface area contributed by atoms with Gasteiger partial charge in [0.1, 0.15) is 0 Å². The van der Waals surface area contributed by atoms with Crippen LogP contribution in [0.1, 0.15) is 31.2 Å². The monoisotopic (exact) mass is 337 g/mol. The van der Waals surface area contributed by atoms with E-state index in [-0.39, 0.29) is 23.9 Å². The average Bonchev–Trinajstić information content (AvgIpc) is 2.85. The van der Waals surface area contributed by atoms with Crippen molar-refractivity contribution in [2.45, 2.75) is 38.1 Å². The zero-order valence-electron chi connectivity index (χ0n) is 12.5. The molecule has 1 amide bonds. The molecule has 1 saturated carbocycles. The number of nitrogens with one attached hydrogen (secondary N) is 1. The van der Waals surface area contributed by atoms with E-state index in [9.17, 15) is 4.79 Å². The van der Waals surface area contributed by atoms with Gasteiger partial charge in [0, 0.05) is 18.2 Å². The molecule has 0 unspecified atom stereocenters. The maximum Gasteiger partial charge on any atom is 0.228 e. The molecule has 0 spiro atoms. The molecule has 118 valence electrons. The van der Waals surface area contributed by atoms with Crippen LogP contribution in [0.3, 0.4) is 0 Å². The molecule has 6 heteroatoms. The first-order valence-corrected chi connectivity index (χ1v) is 7.98. The highest BCUT2D eigenvalue weighted by Crippen LogP contribution is 2.34. The summed E-state index contributed by atoms with van der Waals surface area (Å²) in [6, 6.07) is 8.16. The quantitative estimate of drug-likeness (QED) is 0.892. The summed E-state index contributed by atoms with van der Waals surface area (Å²) in [6.45, 7) is 2.07. The molecule has 1 aromatic carbocycles. The Morgan fingerprint density at radius 3 is 2.77 bits per heavy atom. The van der Waals surface area contributed by atoms with Gasteiger partial charge >= 0.3 is 0 Å². The lowest BCUT2D eigenvalue weighted by Crippen LogP contribution is -2.48. The van der Waals surface area contributed by atoms with E-state index < -0.39 is 0 Å². The number of thiazole rings is 1. The molecule has 4 nitrogen and oxygen atoms in total. The number of benzene rings is 1. The molecule has 1 heterocycles. The summed E-state index contributed by atoms with van der Waals surface area (Å²) in [5.74, 6) is -0.0390. The molecule has 1 aromatic heterocycles. The summed E-state index contributed by atoms with van der Waals surface area (Å²) in [6.07, 6.45) is 5.19. The second-order valence-electron chi connectivity index (χ2n) is 5.79. The largest absolute Gasteiger partial charge is 0.325 e. The van der Waals surface area contributed by atoms with Crippen LogP contribution in [0.2, 0.25) is 0 Å². The average molecular weight is 338 g/mol. The highest BCUT2D eigenvalue weighted by molar-refractivity contribution is 7.19. The van der Waals surface area contributed by atoms with E-state index in [0.717, 1.165) is 29.7 Å². The van der Waals surface area contributed by atoms with Crippen LogP contribution in [0.4, 0.5) is 5.13 Å². The van der Waals surface area contributed by atoms with E-state index in [0.29, 0.717) is 11.6 Å². The van der Waals surface area contributed by atoms with E-state index in [2.05, 4.69) is 29.4 Å². The number of halogens is 1. The van der Waals surface area contributed by atoms with Gasteiger partial charge < -0.3 is 11.1 Å². The Balaban J connectivity index is 0.00000176. The van der Waals surface area contributed by atoms with Crippen LogP contribution in [-0.4, -0.2) is 16.4 Å². The molecule has 0 aliphatic heterocycles. The number of rotatable bonds is 4. The van der Waals surface area contributed by atoms with Crippen molar-refractivity contribution in [2.75, 3.05) is 5.32 Å². The minimum atomic E-state index is -0.291. The Kier molecular flexibility index (Phi) is 5.21. The molecular weight excluding hydrogens is 318 g/mol. The number of amides is 1. The smallest absolute Gasteiger partial charge is 0.228 e. The standard InChI is InChI=1S/C16H19N3OS.ClH/c1-11-5-2-3-6-12(11)13-10-18-15(21-13)19-14(20)9-16(17)7-4-8-16;/h2-3,5-6,10H,4,7-9,17H2,1H3,(H,18,19,20);1H. The van der Waals surface area contributed by atoms with Crippen molar-refractivity contribution in [3.05, 3.63) is 36.0 Å².